The van der Waals surface area contributed by atoms with Gasteiger partial charge in [0.25, 0.3) is 0 Å². The van der Waals surface area contributed by atoms with Crippen molar-refractivity contribution in [2.45, 2.75) is 52.2 Å². The minimum Gasteiger partial charge on any atom is -0.352 e. The molecule has 0 spiro atoms. The van der Waals surface area contributed by atoms with E-state index in [4.69, 9.17) is 34.8 Å². The summed E-state index contributed by atoms with van der Waals surface area (Å²) >= 11 is 18.6. The van der Waals surface area contributed by atoms with E-state index in [0.29, 0.717) is 15.6 Å². The Labute approximate surface area is 222 Å². The second-order valence-electron chi connectivity index (χ2n) is 8.49. The molecule has 11 heteroatoms. The van der Waals surface area contributed by atoms with Crippen LogP contribution in [0.1, 0.15) is 39.2 Å². The van der Waals surface area contributed by atoms with E-state index in [1.165, 1.54) is 17.0 Å². The van der Waals surface area contributed by atoms with Crippen LogP contribution in [-0.4, -0.2) is 50.0 Å². The highest BCUT2D eigenvalue weighted by molar-refractivity contribution is 7.92. The molecule has 2 aromatic rings. The summed E-state index contributed by atoms with van der Waals surface area (Å²) in [5.74, 6) is -0.592. The van der Waals surface area contributed by atoms with Gasteiger partial charge in [0.2, 0.25) is 21.8 Å². The molecule has 0 aliphatic rings. The number of sulfonamides is 1. The molecule has 7 nitrogen and oxygen atoms in total. The van der Waals surface area contributed by atoms with Crippen molar-refractivity contribution < 1.29 is 18.0 Å². The van der Waals surface area contributed by atoms with Gasteiger partial charge in [0, 0.05) is 35.6 Å². The molecule has 35 heavy (non-hydrogen) atoms. The van der Waals surface area contributed by atoms with E-state index in [2.05, 4.69) is 5.32 Å². The zero-order chi connectivity index (χ0) is 26.3. The van der Waals surface area contributed by atoms with Crippen LogP contribution in [0, 0.1) is 0 Å². The lowest BCUT2D eigenvalue weighted by Gasteiger charge is -2.30. The van der Waals surface area contributed by atoms with E-state index in [9.17, 15) is 18.0 Å². The molecule has 1 N–H and O–H groups in total. The first-order valence-corrected chi connectivity index (χ1v) is 14.1. The van der Waals surface area contributed by atoms with Gasteiger partial charge in [-0.1, -0.05) is 53.0 Å². The zero-order valence-corrected chi connectivity index (χ0v) is 23.2. The molecule has 0 aromatic heterocycles. The topological polar surface area (TPSA) is 86.8 Å². The number of carbonyl (C=O) groups is 2. The van der Waals surface area contributed by atoms with Gasteiger partial charge in [-0.25, -0.2) is 8.42 Å². The number of nitrogens with zero attached hydrogens (tertiary/aromatic N) is 2. The number of hydrogen-bond donors (Lipinski definition) is 1. The van der Waals surface area contributed by atoms with Gasteiger partial charge in [0.15, 0.2) is 0 Å². The Bertz CT molecular complexity index is 1160. The third kappa shape index (κ3) is 8.56. The average molecular weight is 563 g/mol. The quantitative estimate of drug-likeness (QED) is 0.411. The molecule has 0 saturated carbocycles. The highest BCUT2D eigenvalue weighted by atomic mass is 35.5. The van der Waals surface area contributed by atoms with Crippen molar-refractivity contribution in [1.82, 2.24) is 10.2 Å². The van der Waals surface area contributed by atoms with Crippen LogP contribution in [0.25, 0.3) is 0 Å². The third-order valence-electron chi connectivity index (χ3n) is 5.23. The van der Waals surface area contributed by atoms with E-state index >= 15 is 0 Å². The summed E-state index contributed by atoms with van der Waals surface area (Å²) in [7, 11) is -3.69. The molecule has 0 fully saturated rings. The lowest BCUT2D eigenvalue weighted by Crippen LogP contribution is -2.49. The summed E-state index contributed by atoms with van der Waals surface area (Å²) in [6, 6.07) is 10.8. The molecule has 1 unspecified atom stereocenters. The smallest absolute Gasteiger partial charge is 0.242 e. The fourth-order valence-corrected chi connectivity index (χ4v) is 5.06. The highest BCUT2D eigenvalue weighted by Gasteiger charge is 2.27. The molecule has 1 atom stereocenters. The molecule has 0 aliphatic heterocycles. The zero-order valence-electron chi connectivity index (χ0n) is 20.1. The van der Waals surface area contributed by atoms with Crippen molar-refractivity contribution >= 4 is 62.3 Å². The molecular weight excluding hydrogens is 533 g/mol. The predicted molar refractivity (Wildman–Crippen MR) is 143 cm³/mol. The summed E-state index contributed by atoms with van der Waals surface area (Å²) in [5, 5.41) is 3.88. The number of anilines is 1. The maximum absolute atomic E-state index is 13.3. The minimum absolute atomic E-state index is 0.00789. The Morgan fingerprint density at radius 1 is 1.00 bits per heavy atom. The van der Waals surface area contributed by atoms with Crippen LogP contribution in [0.3, 0.4) is 0 Å². The van der Waals surface area contributed by atoms with Gasteiger partial charge in [0.05, 0.1) is 17.0 Å². The van der Waals surface area contributed by atoms with E-state index in [1.807, 2.05) is 13.8 Å². The van der Waals surface area contributed by atoms with Crippen molar-refractivity contribution in [1.29, 1.82) is 0 Å². The lowest BCUT2D eigenvalue weighted by molar-refractivity contribution is -0.140. The lowest BCUT2D eigenvalue weighted by atomic mass is 10.1. The van der Waals surface area contributed by atoms with Crippen molar-refractivity contribution in [3.63, 3.8) is 0 Å². The molecule has 2 aromatic carbocycles. The number of hydrogen-bond acceptors (Lipinski definition) is 4. The first-order chi connectivity index (χ1) is 16.3. The van der Waals surface area contributed by atoms with Gasteiger partial charge in [-0.2, -0.15) is 0 Å². The van der Waals surface area contributed by atoms with Gasteiger partial charge in [-0.05, 0) is 57.0 Å². The van der Waals surface area contributed by atoms with Crippen LogP contribution in [0.15, 0.2) is 42.5 Å². The monoisotopic (exact) mass is 561 g/mol. The molecule has 0 heterocycles. The Morgan fingerprint density at radius 3 is 2.26 bits per heavy atom. The fourth-order valence-electron chi connectivity index (χ4n) is 3.46. The van der Waals surface area contributed by atoms with Crippen LogP contribution in [0.4, 0.5) is 5.69 Å². The third-order valence-corrected chi connectivity index (χ3v) is 7.33. The standard InChI is InChI=1S/C24H30Cl3N3O4S/c1-16(2)28-24(32)17(3)29(15-18-8-5-6-9-20(18)26)23(31)10-7-13-30(35(4,33)34)22-14-19(25)11-12-21(22)27/h5-6,8-9,11-12,14,16-17H,7,10,13,15H2,1-4H3,(H,28,32). The van der Waals surface area contributed by atoms with Crippen molar-refractivity contribution in [2.75, 3.05) is 17.1 Å². The average Bonchev–Trinajstić information content (AvgIpc) is 2.76. The summed E-state index contributed by atoms with van der Waals surface area (Å²) in [5.41, 5.74) is 0.946. The van der Waals surface area contributed by atoms with Crippen LogP contribution in [-0.2, 0) is 26.2 Å². The van der Waals surface area contributed by atoms with Gasteiger partial charge in [-0.3, -0.25) is 13.9 Å². The SMILES string of the molecule is CC(C)NC(=O)C(C)N(Cc1ccccc1Cl)C(=O)CCCN(c1cc(Cl)ccc1Cl)S(C)(=O)=O. The van der Waals surface area contributed by atoms with Gasteiger partial charge in [0.1, 0.15) is 6.04 Å². The molecular formula is C24H30Cl3N3O4S. The Balaban J connectivity index is 2.22. The van der Waals surface area contributed by atoms with Gasteiger partial charge >= 0.3 is 0 Å². The fraction of sp³-hybridized carbons (Fsp3) is 0.417. The number of amides is 2. The number of halogens is 3. The maximum atomic E-state index is 13.3. The second-order valence-corrected chi connectivity index (χ2v) is 11.6. The molecule has 2 amide bonds. The van der Waals surface area contributed by atoms with Crippen molar-refractivity contribution in [2.24, 2.45) is 0 Å². The van der Waals surface area contributed by atoms with E-state index in [-0.39, 0.29) is 54.5 Å². The van der Waals surface area contributed by atoms with Crippen LogP contribution < -0.4 is 9.62 Å². The number of benzene rings is 2. The van der Waals surface area contributed by atoms with Crippen molar-refractivity contribution in [3.05, 3.63) is 63.1 Å². The van der Waals surface area contributed by atoms with Crippen LogP contribution >= 0.6 is 34.8 Å². The van der Waals surface area contributed by atoms with Gasteiger partial charge < -0.3 is 10.2 Å². The Hall–Kier alpha value is -2.00. The molecule has 0 bridgehead atoms. The second kappa shape index (κ2) is 12.8. The van der Waals surface area contributed by atoms with E-state index < -0.39 is 16.1 Å². The summed E-state index contributed by atoms with van der Waals surface area (Å²) in [4.78, 5) is 27.4. The maximum Gasteiger partial charge on any atom is 0.242 e. The van der Waals surface area contributed by atoms with Crippen LogP contribution in [0.2, 0.25) is 15.1 Å². The highest BCUT2D eigenvalue weighted by Crippen LogP contribution is 2.31. The molecule has 192 valence electrons. The number of carbonyl (C=O) groups excluding carboxylic acids is 2. The normalized spacial score (nSPS) is 12.3. The Morgan fingerprint density at radius 2 is 1.66 bits per heavy atom. The predicted octanol–water partition coefficient (Wildman–Crippen LogP) is 5.13. The molecule has 0 radical (unpaired) electrons. The number of nitrogens with one attached hydrogen (secondary N) is 1. The first kappa shape index (κ1) is 29.2. The molecule has 0 saturated heterocycles. The van der Waals surface area contributed by atoms with Crippen molar-refractivity contribution in [3.8, 4) is 0 Å². The summed E-state index contributed by atoms with van der Waals surface area (Å²) in [6.45, 7) is 5.48. The van der Waals surface area contributed by atoms with E-state index in [1.54, 1.807) is 37.3 Å². The molecule has 2 rings (SSSR count). The van der Waals surface area contributed by atoms with Crippen LogP contribution in [0.5, 0.6) is 0 Å². The largest absolute Gasteiger partial charge is 0.352 e. The first-order valence-electron chi connectivity index (χ1n) is 11.1. The summed E-state index contributed by atoms with van der Waals surface area (Å²) in [6.07, 6.45) is 1.27. The van der Waals surface area contributed by atoms with E-state index in [0.717, 1.165) is 10.6 Å². The molecule has 0 aliphatic carbocycles. The summed E-state index contributed by atoms with van der Waals surface area (Å²) < 4.78 is 26.0. The minimum atomic E-state index is -3.69. The number of rotatable bonds is 11. The van der Waals surface area contributed by atoms with Gasteiger partial charge in [-0.15, -0.1) is 0 Å². The Kier molecular flexibility index (Phi) is 10.7.